The summed E-state index contributed by atoms with van der Waals surface area (Å²) in [4.78, 5) is 10.6. The van der Waals surface area contributed by atoms with E-state index in [4.69, 9.17) is 14.3 Å². The van der Waals surface area contributed by atoms with Crippen LogP contribution in [0.4, 0.5) is 0 Å². The Balaban J connectivity index is 1.81. The molecule has 0 unspecified atom stereocenters. The average Bonchev–Trinajstić information content (AvgIpc) is 3.12. The van der Waals surface area contributed by atoms with E-state index in [1.54, 1.807) is 24.3 Å². The maximum atomic E-state index is 12.7. The number of para-hydroxylation sites is 1. The number of hydrogen-bond donors (Lipinski definition) is 1. The van der Waals surface area contributed by atoms with Crippen molar-refractivity contribution in [2.75, 3.05) is 19.7 Å². The summed E-state index contributed by atoms with van der Waals surface area (Å²) in [6.07, 6.45) is 1.32. The molecule has 1 aromatic carbocycles. The molecule has 1 aliphatic heterocycles. The third-order valence-electron chi connectivity index (χ3n) is 3.61. The number of ether oxygens (including phenoxy) is 1. The summed E-state index contributed by atoms with van der Waals surface area (Å²) in [6.45, 7) is 0.0223. The molecule has 0 amide bonds. The van der Waals surface area contributed by atoms with E-state index in [0.717, 1.165) is 0 Å². The largest absolute Gasteiger partial charge is 0.480 e. The molecule has 0 aliphatic carbocycles. The van der Waals surface area contributed by atoms with Gasteiger partial charge in [-0.3, -0.25) is 0 Å². The number of carboxylic acid groups (broad SMARTS) is 1. The second-order valence-electron chi connectivity index (χ2n) is 5.07. The fraction of sp³-hybridized carbons (Fsp3) is 0.357. The van der Waals surface area contributed by atoms with E-state index < -0.39 is 28.7 Å². The normalized spacial score (nSPS) is 19.7. The number of sulfonamides is 1. The second-order valence-corrected chi connectivity index (χ2v) is 6.98. The molecule has 1 aliphatic rings. The molecule has 1 atom stereocenters. The number of carboxylic acids is 1. The van der Waals surface area contributed by atoms with Gasteiger partial charge in [-0.25, -0.2) is 13.2 Å². The van der Waals surface area contributed by atoms with Gasteiger partial charge in [0.05, 0.1) is 6.10 Å². The van der Waals surface area contributed by atoms with Crippen molar-refractivity contribution < 1.29 is 27.5 Å². The Hall–Kier alpha value is -1.90. The van der Waals surface area contributed by atoms with E-state index in [-0.39, 0.29) is 11.4 Å². The number of benzene rings is 1. The van der Waals surface area contributed by atoms with Crippen molar-refractivity contribution in [1.29, 1.82) is 0 Å². The van der Waals surface area contributed by atoms with Crippen LogP contribution >= 0.6 is 0 Å². The van der Waals surface area contributed by atoms with Gasteiger partial charge in [0.15, 0.2) is 0 Å². The van der Waals surface area contributed by atoms with Crippen LogP contribution in [0.2, 0.25) is 0 Å². The zero-order valence-electron chi connectivity index (χ0n) is 11.6. The van der Waals surface area contributed by atoms with Crippen molar-refractivity contribution in [2.24, 2.45) is 0 Å². The highest BCUT2D eigenvalue weighted by Crippen LogP contribution is 2.29. The predicted molar refractivity (Wildman–Crippen MR) is 77.0 cm³/mol. The summed E-state index contributed by atoms with van der Waals surface area (Å²) in [5.74, 6) is -1.07. The Kier molecular flexibility index (Phi) is 3.90. The summed E-state index contributed by atoms with van der Waals surface area (Å²) in [6, 6.07) is 6.92. The number of carbonyl (C=O) groups is 1. The van der Waals surface area contributed by atoms with Gasteiger partial charge in [0.1, 0.15) is 23.3 Å². The van der Waals surface area contributed by atoms with Crippen LogP contribution in [0.5, 0.6) is 0 Å². The van der Waals surface area contributed by atoms with Crippen LogP contribution in [0, 0.1) is 0 Å². The third-order valence-corrected chi connectivity index (χ3v) is 5.50. The second kappa shape index (κ2) is 5.71. The SMILES string of the molecule is O=C(O)CO[C@H]1CCN(S(=O)(=O)c2coc3ccccc23)C1. The number of fused-ring (bicyclic) bond motifs is 1. The molecular formula is C14H15NO6S. The van der Waals surface area contributed by atoms with Crippen molar-refractivity contribution in [3.05, 3.63) is 30.5 Å². The van der Waals surface area contributed by atoms with E-state index in [1.807, 2.05) is 0 Å². The van der Waals surface area contributed by atoms with Gasteiger partial charge in [-0.1, -0.05) is 12.1 Å². The highest BCUT2D eigenvalue weighted by molar-refractivity contribution is 7.89. The van der Waals surface area contributed by atoms with E-state index in [1.165, 1.54) is 10.6 Å². The van der Waals surface area contributed by atoms with Gasteiger partial charge in [-0.05, 0) is 18.6 Å². The Morgan fingerprint density at radius 1 is 1.41 bits per heavy atom. The van der Waals surface area contributed by atoms with Gasteiger partial charge in [0, 0.05) is 18.5 Å². The van der Waals surface area contributed by atoms with Crippen molar-refractivity contribution in [1.82, 2.24) is 4.31 Å². The van der Waals surface area contributed by atoms with E-state index >= 15 is 0 Å². The molecule has 8 heteroatoms. The molecule has 7 nitrogen and oxygen atoms in total. The quantitative estimate of drug-likeness (QED) is 0.890. The van der Waals surface area contributed by atoms with Crippen LogP contribution in [0.1, 0.15) is 6.42 Å². The van der Waals surface area contributed by atoms with Crippen molar-refractivity contribution in [2.45, 2.75) is 17.4 Å². The zero-order valence-corrected chi connectivity index (χ0v) is 12.5. The first-order chi connectivity index (χ1) is 10.5. The zero-order chi connectivity index (χ0) is 15.7. The minimum Gasteiger partial charge on any atom is -0.480 e. The van der Waals surface area contributed by atoms with Crippen LogP contribution < -0.4 is 0 Å². The lowest BCUT2D eigenvalue weighted by Gasteiger charge is -2.15. The molecule has 3 rings (SSSR count). The van der Waals surface area contributed by atoms with Gasteiger partial charge in [-0.2, -0.15) is 4.31 Å². The van der Waals surface area contributed by atoms with E-state index in [9.17, 15) is 13.2 Å². The summed E-state index contributed by atoms with van der Waals surface area (Å²) >= 11 is 0. The Morgan fingerprint density at radius 2 is 2.18 bits per heavy atom. The average molecular weight is 325 g/mol. The minimum atomic E-state index is -3.68. The van der Waals surface area contributed by atoms with Crippen molar-refractivity contribution >= 4 is 27.0 Å². The molecule has 0 bridgehead atoms. The maximum absolute atomic E-state index is 12.7. The number of nitrogens with zero attached hydrogens (tertiary/aromatic N) is 1. The Labute approximate surface area is 127 Å². The molecule has 118 valence electrons. The lowest BCUT2D eigenvalue weighted by atomic mass is 10.3. The van der Waals surface area contributed by atoms with Gasteiger partial charge >= 0.3 is 5.97 Å². The molecule has 0 saturated carbocycles. The fourth-order valence-corrected chi connectivity index (χ4v) is 4.14. The monoisotopic (exact) mass is 325 g/mol. The Bertz CT molecular complexity index is 797. The van der Waals surface area contributed by atoms with Crippen LogP contribution in [-0.4, -0.2) is 49.6 Å². The maximum Gasteiger partial charge on any atom is 0.329 e. The lowest BCUT2D eigenvalue weighted by Crippen LogP contribution is -2.30. The van der Waals surface area contributed by atoms with Gasteiger partial charge in [0.25, 0.3) is 0 Å². The summed E-state index contributed by atoms with van der Waals surface area (Å²) in [5, 5.41) is 9.14. The molecule has 1 fully saturated rings. The standard InChI is InChI=1S/C14H15NO6S/c16-14(17)9-20-10-5-6-15(7-10)22(18,19)13-8-21-12-4-2-1-3-11(12)13/h1-4,8,10H,5-7,9H2,(H,16,17)/t10-/m0/s1. The molecule has 1 aromatic heterocycles. The Morgan fingerprint density at radius 3 is 2.95 bits per heavy atom. The lowest BCUT2D eigenvalue weighted by molar-refractivity contribution is -0.144. The molecule has 0 radical (unpaired) electrons. The van der Waals surface area contributed by atoms with Crippen LogP contribution in [0.25, 0.3) is 11.0 Å². The van der Waals surface area contributed by atoms with Crippen LogP contribution in [0.3, 0.4) is 0 Å². The molecule has 22 heavy (non-hydrogen) atoms. The van der Waals surface area contributed by atoms with Gasteiger partial charge in [0.2, 0.25) is 10.0 Å². The van der Waals surface area contributed by atoms with Crippen LogP contribution in [0.15, 0.2) is 39.8 Å². The number of rotatable bonds is 5. The molecular weight excluding hydrogens is 310 g/mol. The number of hydrogen-bond acceptors (Lipinski definition) is 5. The molecule has 1 N–H and O–H groups in total. The minimum absolute atomic E-state index is 0.127. The highest BCUT2D eigenvalue weighted by Gasteiger charge is 2.35. The summed E-state index contributed by atoms with van der Waals surface area (Å²) < 4.78 is 37.1. The fourth-order valence-electron chi connectivity index (χ4n) is 2.53. The number of aliphatic carboxylic acids is 1. The summed E-state index contributed by atoms with van der Waals surface area (Å²) in [5.41, 5.74) is 0.513. The highest BCUT2D eigenvalue weighted by atomic mass is 32.2. The first-order valence-corrected chi connectivity index (χ1v) is 8.22. The molecule has 2 heterocycles. The molecule has 2 aromatic rings. The van der Waals surface area contributed by atoms with Gasteiger partial charge < -0.3 is 14.3 Å². The number of furan rings is 1. The van der Waals surface area contributed by atoms with E-state index in [2.05, 4.69) is 0 Å². The summed E-state index contributed by atoms with van der Waals surface area (Å²) in [7, 11) is -3.68. The van der Waals surface area contributed by atoms with Crippen molar-refractivity contribution in [3.8, 4) is 0 Å². The first-order valence-electron chi connectivity index (χ1n) is 6.78. The van der Waals surface area contributed by atoms with Crippen LogP contribution in [-0.2, 0) is 19.6 Å². The predicted octanol–water partition coefficient (Wildman–Crippen LogP) is 1.30. The van der Waals surface area contributed by atoms with Crippen molar-refractivity contribution in [3.63, 3.8) is 0 Å². The third kappa shape index (κ3) is 2.72. The molecule has 1 saturated heterocycles. The smallest absolute Gasteiger partial charge is 0.329 e. The first kappa shape index (κ1) is 15.0. The van der Waals surface area contributed by atoms with E-state index in [0.29, 0.717) is 23.9 Å². The van der Waals surface area contributed by atoms with Gasteiger partial charge in [-0.15, -0.1) is 0 Å². The molecule has 0 spiro atoms. The topological polar surface area (TPSA) is 97.0 Å².